The zero-order valence-electron chi connectivity index (χ0n) is 13.9. The molecule has 130 valence electrons. The number of carbonyl (C=O) groups is 3. The number of rotatable bonds is 7. The van der Waals surface area contributed by atoms with Crippen LogP contribution < -0.4 is 16.0 Å². The number of para-hydroxylation sites is 1. The van der Waals surface area contributed by atoms with E-state index in [2.05, 4.69) is 16.0 Å². The van der Waals surface area contributed by atoms with E-state index in [1.165, 1.54) is 11.8 Å². The number of fused-ring (bicyclic) bond motifs is 1. The normalized spacial score (nSPS) is 17.4. The zero-order chi connectivity index (χ0) is 17.5. The van der Waals surface area contributed by atoms with Crippen LogP contribution in [0.4, 0.5) is 5.69 Å². The maximum atomic E-state index is 12.1. The van der Waals surface area contributed by atoms with Gasteiger partial charge in [0.1, 0.15) is 0 Å². The topological polar surface area (TPSA) is 87.3 Å². The SMILES string of the molecule is CC[C@@H](C)NC(=O)CCNC(=O)C[C@@H]1Sc2ccccc2NC1=O. The van der Waals surface area contributed by atoms with Gasteiger partial charge in [-0.15, -0.1) is 11.8 Å². The lowest BCUT2D eigenvalue weighted by atomic mass is 10.2. The van der Waals surface area contributed by atoms with E-state index in [1.807, 2.05) is 38.1 Å². The third-order valence-electron chi connectivity index (χ3n) is 3.77. The van der Waals surface area contributed by atoms with Crippen molar-refractivity contribution in [1.82, 2.24) is 10.6 Å². The summed E-state index contributed by atoms with van der Waals surface area (Å²) in [5, 5.41) is 7.91. The van der Waals surface area contributed by atoms with Crippen molar-refractivity contribution in [3.05, 3.63) is 24.3 Å². The average molecular weight is 349 g/mol. The van der Waals surface area contributed by atoms with Gasteiger partial charge in [-0.25, -0.2) is 0 Å². The van der Waals surface area contributed by atoms with Crippen LogP contribution >= 0.6 is 11.8 Å². The van der Waals surface area contributed by atoms with E-state index in [0.29, 0.717) is 0 Å². The first-order chi connectivity index (χ1) is 11.5. The molecule has 1 aromatic carbocycles. The number of amides is 3. The van der Waals surface area contributed by atoms with Crippen LogP contribution in [0.5, 0.6) is 0 Å². The van der Waals surface area contributed by atoms with Crippen molar-refractivity contribution in [2.24, 2.45) is 0 Å². The highest BCUT2D eigenvalue weighted by molar-refractivity contribution is 8.01. The Morgan fingerprint density at radius 1 is 1.29 bits per heavy atom. The lowest BCUT2D eigenvalue weighted by Crippen LogP contribution is -2.37. The van der Waals surface area contributed by atoms with Crippen LogP contribution in [-0.2, 0) is 14.4 Å². The minimum atomic E-state index is -0.450. The molecule has 1 aliphatic rings. The van der Waals surface area contributed by atoms with Crippen molar-refractivity contribution in [2.45, 2.75) is 49.3 Å². The van der Waals surface area contributed by atoms with Crippen molar-refractivity contribution in [2.75, 3.05) is 11.9 Å². The van der Waals surface area contributed by atoms with E-state index in [1.54, 1.807) is 0 Å². The molecule has 2 atom stereocenters. The van der Waals surface area contributed by atoms with Crippen molar-refractivity contribution >= 4 is 35.2 Å². The van der Waals surface area contributed by atoms with E-state index < -0.39 is 5.25 Å². The van der Waals surface area contributed by atoms with E-state index in [0.717, 1.165) is 17.0 Å². The van der Waals surface area contributed by atoms with Gasteiger partial charge < -0.3 is 16.0 Å². The molecule has 0 unspecified atom stereocenters. The Kier molecular flexibility index (Phi) is 6.66. The minimum Gasteiger partial charge on any atom is -0.356 e. The Balaban J connectivity index is 1.75. The first-order valence-electron chi connectivity index (χ1n) is 8.12. The molecule has 1 heterocycles. The standard InChI is InChI=1S/C17H23N3O3S/c1-3-11(2)19-15(21)8-9-18-16(22)10-14-17(23)20-12-6-4-5-7-13(12)24-14/h4-7,11,14H,3,8-10H2,1-2H3,(H,18,22)(H,19,21)(H,20,23)/t11-,14+/m1/s1. The number of hydrogen-bond donors (Lipinski definition) is 3. The first kappa shape index (κ1) is 18.3. The summed E-state index contributed by atoms with van der Waals surface area (Å²) in [6.45, 7) is 4.21. The van der Waals surface area contributed by atoms with Gasteiger partial charge in [0.05, 0.1) is 10.9 Å². The van der Waals surface area contributed by atoms with Crippen molar-refractivity contribution < 1.29 is 14.4 Å². The molecule has 0 aromatic heterocycles. The predicted molar refractivity (Wildman–Crippen MR) is 94.9 cm³/mol. The monoisotopic (exact) mass is 349 g/mol. The predicted octanol–water partition coefficient (Wildman–Crippen LogP) is 1.91. The third kappa shape index (κ3) is 5.26. The van der Waals surface area contributed by atoms with E-state index in [-0.39, 0.29) is 43.1 Å². The summed E-state index contributed by atoms with van der Waals surface area (Å²) >= 11 is 1.39. The largest absolute Gasteiger partial charge is 0.356 e. The maximum absolute atomic E-state index is 12.1. The zero-order valence-corrected chi connectivity index (χ0v) is 14.7. The Bertz CT molecular complexity index is 621. The van der Waals surface area contributed by atoms with Gasteiger partial charge in [0.15, 0.2) is 0 Å². The number of carbonyl (C=O) groups excluding carboxylic acids is 3. The van der Waals surface area contributed by atoms with Gasteiger partial charge in [0.25, 0.3) is 0 Å². The van der Waals surface area contributed by atoms with Crippen molar-refractivity contribution in [1.29, 1.82) is 0 Å². The van der Waals surface area contributed by atoms with Crippen LogP contribution in [0.1, 0.15) is 33.1 Å². The van der Waals surface area contributed by atoms with Gasteiger partial charge in [0, 0.05) is 30.3 Å². The molecule has 1 aliphatic heterocycles. The van der Waals surface area contributed by atoms with E-state index in [4.69, 9.17) is 0 Å². The second-order valence-electron chi connectivity index (χ2n) is 5.77. The van der Waals surface area contributed by atoms with Gasteiger partial charge in [0.2, 0.25) is 17.7 Å². The summed E-state index contributed by atoms with van der Waals surface area (Å²) in [4.78, 5) is 36.6. The highest BCUT2D eigenvalue weighted by atomic mass is 32.2. The summed E-state index contributed by atoms with van der Waals surface area (Å²) in [6, 6.07) is 7.65. The Morgan fingerprint density at radius 2 is 2.04 bits per heavy atom. The third-order valence-corrected chi connectivity index (χ3v) is 5.05. The highest BCUT2D eigenvalue weighted by Gasteiger charge is 2.28. The second-order valence-corrected chi connectivity index (χ2v) is 7.02. The average Bonchev–Trinajstić information content (AvgIpc) is 2.55. The fourth-order valence-corrected chi connectivity index (χ4v) is 3.34. The molecule has 3 amide bonds. The lowest BCUT2D eigenvalue weighted by molar-refractivity contribution is -0.124. The molecule has 2 rings (SSSR count). The molecule has 0 spiro atoms. The summed E-state index contributed by atoms with van der Waals surface area (Å²) in [6.07, 6.45) is 1.20. The van der Waals surface area contributed by atoms with Gasteiger partial charge in [-0.2, -0.15) is 0 Å². The smallest absolute Gasteiger partial charge is 0.238 e. The maximum Gasteiger partial charge on any atom is 0.238 e. The fourth-order valence-electron chi connectivity index (χ4n) is 2.23. The van der Waals surface area contributed by atoms with Crippen LogP contribution in [0.15, 0.2) is 29.2 Å². The second kappa shape index (κ2) is 8.73. The molecule has 0 saturated carbocycles. The van der Waals surface area contributed by atoms with Crippen molar-refractivity contribution in [3.63, 3.8) is 0 Å². The molecule has 3 N–H and O–H groups in total. The molecular formula is C17H23N3O3S. The van der Waals surface area contributed by atoms with Gasteiger partial charge in [-0.05, 0) is 25.5 Å². The van der Waals surface area contributed by atoms with Gasteiger partial charge in [-0.1, -0.05) is 19.1 Å². The molecular weight excluding hydrogens is 326 g/mol. The van der Waals surface area contributed by atoms with E-state index >= 15 is 0 Å². The Hall–Kier alpha value is -2.02. The summed E-state index contributed by atoms with van der Waals surface area (Å²) in [7, 11) is 0. The van der Waals surface area contributed by atoms with Crippen molar-refractivity contribution in [3.8, 4) is 0 Å². The molecule has 7 heteroatoms. The minimum absolute atomic E-state index is 0.0802. The van der Waals surface area contributed by atoms with Crippen LogP contribution in [0.25, 0.3) is 0 Å². The molecule has 1 aromatic rings. The van der Waals surface area contributed by atoms with Gasteiger partial charge >= 0.3 is 0 Å². The highest BCUT2D eigenvalue weighted by Crippen LogP contribution is 2.36. The lowest BCUT2D eigenvalue weighted by Gasteiger charge is -2.23. The molecule has 24 heavy (non-hydrogen) atoms. The summed E-state index contributed by atoms with van der Waals surface area (Å²) in [5.41, 5.74) is 0.783. The molecule has 0 saturated heterocycles. The number of benzene rings is 1. The van der Waals surface area contributed by atoms with Crippen LogP contribution in [0.2, 0.25) is 0 Å². The Morgan fingerprint density at radius 3 is 2.79 bits per heavy atom. The van der Waals surface area contributed by atoms with E-state index in [9.17, 15) is 14.4 Å². The number of thioether (sulfide) groups is 1. The molecule has 0 radical (unpaired) electrons. The quantitative estimate of drug-likeness (QED) is 0.702. The van der Waals surface area contributed by atoms with Crippen LogP contribution in [0.3, 0.4) is 0 Å². The molecule has 0 bridgehead atoms. The van der Waals surface area contributed by atoms with Gasteiger partial charge in [-0.3, -0.25) is 14.4 Å². The van der Waals surface area contributed by atoms with Crippen LogP contribution in [-0.4, -0.2) is 35.6 Å². The summed E-state index contributed by atoms with van der Waals surface area (Å²) < 4.78 is 0. The number of hydrogen-bond acceptors (Lipinski definition) is 4. The fraction of sp³-hybridized carbons (Fsp3) is 0.471. The molecule has 0 fully saturated rings. The Labute approximate surface area is 146 Å². The summed E-state index contributed by atoms with van der Waals surface area (Å²) in [5.74, 6) is -0.468. The first-order valence-corrected chi connectivity index (χ1v) is 9.00. The molecule has 0 aliphatic carbocycles. The van der Waals surface area contributed by atoms with Crippen LogP contribution in [0, 0.1) is 0 Å². The number of nitrogens with one attached hydrogen (secondary N) is 3. The molecule has 6 nitrogen and oxygen atoms in total. The number of anilines is 1.